The van der Waals surface area contributed by atoms with Crippen molar-refractivity contribution in [3.8, 4) is 0 Å². The first kappa shape index (κ1) is 11.9. The quantitative estimate of drug-likeness (QED) is 0.522. The van der Waals surface area contributed by atoms with Crippen LogP contribution in [0.1, 0.15) is 26.1 Å². The third kappa shape index (κ3) is 3.56. The highest BCUT2D eigenvalue weighted by atomic mass is 127. The zero-order chi connectivity index (χ0) is 8.27. The molecule has 0 saturated heterocycles. The molecule has 1 N–H and O–H groups in total. The van der Waals surface area contributed by atoms with E-state index >= 15 is 0 Å². The Morgan fingerprint density at radius 3 is 2.58 bits per heavy atom. The van der Waals surface area contributed by atoms with Gasteiger partial charge in [-0.15, -0.1) is 0 Å². The minimum Gasteiger partial charge on any atom is -1.00 e. The average molecular weight is 280 g/mol. The van der Waals surface area contributed by atoms with E-state index in [1.165, 1.54) is 12.2 Å². The Labute approximate surface area is 91.4 Å². The maximum Gasteiger partial charge on any atom is 0.251 e. The van der Waals surface area contributed by atoms with Crippen LogP contribution in [0.4, 0.5) is 0 Å². The summed E-state index contributed by atoms with van der Waals surface area (Å²) >= 11 is 0. The predicted octanol–water partition coefficient (Wildman–Crippen LogP) is -1.34. The zero-order valence-electron chi connectivity index (χ0n) is 7.97. The lowest BCUT2D eigenvalue weighted by Gasteiger charge is -2.01. The first-order chi connectivity index (χ1) is 5.20. The number of nitrogens with zero attached hydrogens (tertiary/aromatic N) is 1. The van der Waals surface area contributed by atoms with Crippen LogP contribution in [-0.4, -0.2) is 4.98 Å². The van der Waals surface area contributed by atoms with Gasteiger partial charge >= 0.3 is 0 Å². The summed E-state index contributed by atoms with van der Waals surface area (Å²) in [6.07, 6.45) is 5.33. The maximum atomic E-state index is 3.16. The molecule has 2 nitrogen and oxygen atoms in total. The number of halogens is 1. The second-order valence-electron chi connectivity index (χ2n) is 3.42. The van der Waals surface area contributed by atoms with Crippen LogP contribution in [0.3, 0.4) is 0 Å². The fraction of sp³-hybridized carbons (Fsp3) is 0.667. The van der Waals surface area contributed by atoms with Gasteiger partial charge in [0.1, 0.15) is 12.4 Å². The minimum absolute atomic E-state index is 0. The number of imidazole rings is 1. The fourth-order valence-corrected chi connectivity index (χ4v) is 1.08. The standard InChI is InChI=1S/C9H16N2.HI/c1-8(2)4-6-11-7-5-10-9(11)3;/h5,7-8H,4,6H2,1-3H3;1H. The molecule has 0 saturated carbocycles. The Hall–Kier alpha value is -0.0600. The molecule has 1 heterocycles. The van der Waals surface area contributed by atoms with E-state index in [0.29, 0.717) is 0 Å². The molecule has 0 aliphatic heterocycles. The van der Waals surface area contributed by atoms with Crippen molar-refractivity contribution >= 4 is 0 Å². The van der Waals surface area contributed by atoms with Gasteiger partial charge in [0.25, 0.3) is 5.82 Å². The highest BCUT2D eigenvalue weighted by Gasteiger charge is 2.04. The molecule has 0 unspecified atom stereocenters. The molecule has 0 spiro atoms. The second kappa shape index (κ2) is 5.56. The molecule has 0 aliphatic rings. The smallest absolute Gasteiger partial charge is 0.251 e. The van der Waals surface area contributed by atoms with Crippen LogP contribution in [0.5, 0.6) is 0 Å². The Morgan fingerprint density at radius 1 is 1.50 bits per heavy atom. The summed E-state index contributed by atoms with van der Waals surface area (Å²) in [6, 6.07) is 0. The van der Waals surface area contributed by atoms with E-state index in [1.54, 1.807) is 0 Å². The molecule has 70 valence electrons. The highest BCUT2D eigenvalue weighted by Crippen LogP contribution is 1.98. The van der Waals surface area contributed by atoms with E-state index < -0.39 is 0 Å². The number of hydrogen-bond acceptors (Lipinski definition) is 0. The highest BCUT2D eigenvalue weighted by molar-refractivity contribution is 4.70. The number of aryl methyl sites for hydroxylation is 2. The lowest BCUT2D eigenvalue weighted by molar-refractivity contribution is -0.702. The van der Waals surface area contributed by atoms with Crippen LogP contribution in [0, 0.1) is 12.8 Å². The Kier molecular flexibility index (Phi) is 5.53. The first-order valence-corrected chi connectivity index (χ1v) is 4.23. The van der Waals surface area contributed by atoms with Crippen molar-refractivity contribution in [1.82, 2.24) is 4.98 Å². The van der Waals surface area contributed by atoms with E-state index in [2.05, 4.69) is 36.5 Å². The third-order valence-electron chi connectivity index (χ3n) is 1.92. The minimum atomic E-state index is 0. The Morgan fingerprint density at radius 2 is 2.17 bits per heavy atom. The van der Waals surface area contributed by atoms with Gasteiger partial charge in [-0.2, -0.15) is 0 Å². The molecule has 0 fully saturated rings. The topological polar surface area (TPSA) is 19.7 Å². The van der Waals surface area contributed by atoms with Gasteiger partial charge in [-0.1, -0.05) is 13.8 Å². The lowest BCUT2D eigenvalue weighted by Crippen LogP contribution is -3.00. The van der Waals surface area contributed by atoms with Gasteiger partial charge < -0.3 is 24.0 Å². The van der Waals surface area contributed by atoms with Crippen LogP contribution in [0.25, 0.3) is 0 Å². The van der Waals surface area contributed by atoms with Crippen molar-refractivity contribution in [2.24, 2.45) is 5.92 Å². The van der Waals surface area contributed by atoms with Crippen LogP contribution in [-0.2, 0) is 6.54 Å². The van der Waals surface area contributed by atoms with Gasteiger partial charge in [0.05, 0.1) is 6.54 Å². The molecule has 12 heavy (non-hydrogen) atoms. The number of rotatable bonds is 3. The summed E-state index contributed by atoms with van der Waals surface area (Å²) in [4.78, 5) is 3.16. The van der Waals surface area contributed by atoms with Crippen LogP contribution < -0.4 is 28.5 Å². The van der Waals surface area contributed by atoms with E-state index in [-0.39, 0.29) is 24.0 Å². The van der Waals surface area contributed by atoms with Crippen molar-refractivity contribution in [2.75, 3.05) is 0 Å². The zero-order valence-corrected chi connectivity index (χ0v) is 10.1. The molecule has 0 radical (unpaired) electrons. The number of aromatic amines is 1. The molecule has 3 heteroatoms. The fourth-order valence-electron chi connectivity index (χ4n) is 1.08. The van der Waals surface area contributed by atoms with Gasteiger partial charge in [0.2, 0.25) is 0 Å². The van der Waals surface area contributed by atoms with Gasteiger partial charge in [-0.3, -0.25) is 0 Å². The average Bonchev–Trinajstić information content (AvgIpc) is 2.31. The number of hydrogen-bond donors (Lipinski definition) is 1. The molecule has 1 aromatic rings. The largest absolute Gasteiger partial charge is 1.00 e. The molecular formula is C9H17IN2. The summed E-state index contributed by atoms with van der Waals surface area (Å²) in [5, 5.41) is 0. The van der Waals surface area contributed by atoms with Crippen LogP contribution >= 0.6 is 0 Å². The van der Waals surface area contributed by atoms with Crippen molar-refractivity contribution in [3.63, 3.8) is 0 Å². The van der Waals surface area contributed by atoms with Gasteiger partial charge in [0, 0.05) is 6.92 Å². The number of aromatic nitrogens is 2. The summed E-state index contributed by atoms with van der Waals surface area (Å²) in [5.41, 5.74) is 0. The third-order valence-corrected chi connectivity index (χ3v) is 1.92. The van der Waals surface area contributed by atoms with Gasteiger partial charge in [-0.25, -0.2) is 9.55 Å². The van der Waals surface area contributed by atoms with E-state index in [1.807, 2.05) is 6.20 Å². The van der Waals surface area contributed by atoms with Crippen molar-refractivity contribution in [1.29, 1.82) is 0 Å². The van der Waals surface area contributed by atoms with Crippen LogP contribution in [0.2, 0.25) is 0 Å². The Bertz CT molecular complexity index is 218. The number of nitrogens with one attached hydrogen (secondary N) is 1. The normalized spacial score (nSPS) is 10.0. The molecule has 0 bridgehead atoms. The first-order valence-electron chi connectivity index (χ1n) is 4.23. The van der Waals surface area contributed by atoms with Crippen LogP contribution in [0.15, 0.2) is 12.4 Å². The van der Waals surface area contributed by atoms with Crippen molar-refractivity contribution < 1.29 is 28.5 Å². The predicted molar refractivity (Wildman–Crippen MR) is 45.2 cm³/mol. The molecule has 0 aliphatic carbocycles. The molecule has 0 amide bonds. The summed E-state index contributed by atoms with van der Waals surface area (Å²) in [7, 11) is 0. The molecule has 0 aromatic carbocycles. The second-order valence-corrected chi connectivity index (χ2v) is 3.42. The summed E-state index contributed by atoms with van der Waals surface area (Å²) in [5.74, 6) is 2.03. The monoisotopic (exact) mass is 280 g/mol. The number of H-pyrrole nitrogens is 1. The van der Waals surface area contributed by atoms with Gasteiger partial charge in [-0.05, 0) is 12.3 Å². The SMILES string of the molecule is Cc1[nH]cc[n+]1CCC(C)C.[I-]. The van der Waals surface area contributed by atoms with E-state index in [0.717, 1.165) is 12.5 Å². The van der Waals surface area contributed by atoms with Gasteiger partial charge in [0.15, 0.2) is 0 Å². The molecular weight excluding hydrogens is 263 g/mol. The lowest BCUT2D eigenvalue weighted by atomic mass is 10.1. The van der Waals surface area contributed by atoms with E-state index in [4.69, 9.17) is 0 Å². The molecule has 1 rings (SSSR count). The molecule has 0 atom stereocenters. The van der Waals surface area contributed by atoms with E-state index in [9.17, 15) is 0 Å². The molecule has 1 aromatic heterocycles. The summed E-state index contributed by atoms with van der Waals surface area (Å²) < 4.78 is 2.25. The Balaban J connectivity index is 0.00000121. The van der Waals surface area contributed by atoms with Crippen molar-refractivity contribution in [3.05, 3.63) is 18.2 Å². The van der Waals surface area contributed by atoms with Crippen molar-refractivity contribution in [2.45, 2.75) is 33.7 Å². The maximum absolute atomic E-state index is 3.16. The summed E-state index contributed by atoms with van der Waals surface area (Å²) in [6.45, 7) is 7.73.